The van der Waals surface area contributed by atoms with E-state index in [1.165, 1.54) is 50.4 Å². The van der Waals surface area contributed by atoms with Crippen molar-refractivity contribution < 1.29 is 4.57 Å². The predicted octanol–water partition coefficient (Wildman–Crippen LogP) is 6.02. The third-order valence-corrected chi connectivity index (χ3v) is 6.42. The van der Waals surface area contributed by atoms with E-state index in [1.807, 2.05) is 0 Å². The number of hydrogen-bond donors (Lipinski definition) is 0. The Labute approximate surface area is 167 Å². The second kappa shape index (κ2) is 6.07. The van der Waals surface area contributed by atoms with E-state index in [4.69, 9.17) is 0 Å². The Balaban J connectivity index is 2.03. The van der Waals surface area contributed by atoms with Crippen molar-refractivity contribution >= 4 is 11.0 Å². The number of fused-ring (bicyclic) bond motifs is 2. The molecule has 5 rings (SSSR count). The van der Waals surface area contributed by atoms with Gasteiger partial charge in [-0.25, -0.2) is 4.57 Å². The van der Waals surface area contributed by atoms with Crippen molar-refractivity contribution in [2.24, 2.45) is 7.05 Å². The van der Waals surface area contributed by atoms with Gasteiger partial charge in [0.05, 0.1) is 12.6 Å². The highest BCUT2D eigenvalue weighted by molar-refractivity contribution is 5.83. The lowest BCUT2D eigenvalue weighted by Gasteiger charge is -2.24. The van der Waals surface area contributed by atoms with E-state index in [0.29, 0.717) is 11.8 Å². The molecule has 0 amide bonds. The van der Waals surface area contributed by atoms with Crippen LogP contribution in [0.3, 0.4) is 0 Å². The summed E-state index contributed by atoms with van der Waals surface area (Å²) < 4.78 is 4.91. The van der Waals surface area contributed by atoms with Crippen LogP contribution in [0.4, 0.5) is 0 Å². The molecule has 4 aromatic rings. The van der Waals surface area contributed by atoms with Gasteiger partial charge in [0, 0.05) is 22.6 Å². The van der Waals surface area contributed by atoms with Crippen LogP contribution < -0.4 is 4.57 Å². The fourth-order valence-electron chi connectivity index (χ4n) is 4.95. The minimum absolute atomic E-state index is 0.393. The number of hydrogen-bond acceptors (Lipinski definition) is 0. The summed E-state index contributed by atoms with van der Waals surface area (Å²) in [5.74, 6) is 2.13. The summed E-state index contributed by atoms with van der Waals surface area (Å²) in [6.45, 7) is 9.16. The fourth-order valence-corrected chi connectivity index (χ4v) is 4.95. The van der Waals surface area contributed by atoms with Crippen LogP contribution in [0.5, 0.6) is 0 Å². The minimum Gasteiger partial charge on any atom is -0.225 e. The SMILES string of the molecule is Cc1ccccc1-c1n(C)c2cccc3c2[n+]1-c1c(C(C)C)cccc1C3C. The third kappa shape index (κ3) is 2.18. The average molecular weight is 368 g/mol. The molecule has 0 radical (unpaired) electrons. The molecule has 0 saturated carbocycles. The molecule has 2 heterocycles. The summed E-state index contributed by atoms with van der Waals surface area (Å²) in [4.78, 5) is 0. The van der Waals surface area contributed by atoms with Crippen molar-refractivity contribution in [3.05, 3.63) is 82.9 Å². The minimum atomic E-state index is 0.393. The molecule has 1 aromatic heterocycles. The molecule has 3 aromatic carbocycles. The zero-order valence-electron chi connectivity index (χ0n) is 17.3. The highest BCUT2D eigenvalue weighted by Crippen LogP contribution is 2.41. The first-order valence-corrected chi connectivity index (χ1v) is 10.2. The molecule has 28 heavy (non-hydrogen) atoms. The molecule has 2 nitrogen and oxygen atoms in total. The molecule has 0 aliphatic carbocycles. The molecule has 1 atom stereocenters. The van der Waals surface area contributed by atoms with Crippen molar-refractivity contribution in [1.82, 2.24) is 4.57 Å². The van der Waals surface area contributed by atoms with Crippen LogP contribution in [0.2, 0.25) is 0 Å². The lowest BCUT2D eigenvalue weighted by molar-refractivity contribution is -0.558. The molecule has 0 fully saturated rings. The van der Waals surface area contributed by atoms with E-state index in [9.17, 15) is 0 Å². The fraction of sp³-hybridized carbons (Fsp3) is 0.269. The molecule has 1 unspecified atom stereocenters. The molecule has 0 saturated heterocycles. The van der Waals surface area contributed by atoms with Crippen LogP contribution in [0.25, 0.3) is 28.1 Å². The van der Waals surface area contributed by atoms with Crippen LogP contribution in [0.1, 0.15) is 54.9 Å². The Morgan fingerprint density at radius 3 is 2.36 bits per heavy atom. The van der Waals surface area contributed by atoms with Gasteiger partial charge in [0.2, 0.25) is 0 Å². The summed E-state index contributed by atoms with van der Waals surface area (Å²) >= 11 is 0. The highest BCUT2D eigenvalue weighted by Gasteiger charge is 2.37. The number of nitrogens with zero attached hydrogens (tertiary/aromatic N) is 2. The number of imidazole rings is 1. The van der Waals surface area contributed by atoms with E-state index in [2.05, 4.69) is 105 Å². The zero-order valence-corrected chi connectivity index (χ0v) is 17.3. The van der Waals surface area contributed by atoms with Crippen LogP contribution in [0, 0.1) is 6.92 Å². The molecule has 0 bridgehead atoms. The summed E-state index contributed by atoms with van der Waals surface area (Å²) in [6, 6.07) is 22.3. The zero-order chi connectivity index (χ0) is 19.6. The van der Waals surface area contributed by atoms with E-state index >= 15 is 0 Å². The van der Waals surface area contributed by atoms with Crippen molar-refractivity contribution in [3.63, 3.8) is 0 Å². The van der Waals surface area contributed by atoms with Crippen molar-refractivity contribution in [3.8, 4) is 17.1 Å². The van der Waals surface area contributed by atoms with Crippen LogP contribution >= 0.6 is 0 Å². The van der Waals surface area contributed by atoms with Gasteiger partial charge in [-0.3, -0.25) is 0 Å². The van der Waals surface area contributed by atoms with E-state index in [0.717, 1.165) is 0 Å². The van der Waals surface area contributed by atoms with Gasteiger partial charge in [0.15, 0.2) is 11.0 Å². The quantitative estimate of drug-likeness (QED) is 0.383. The molecule has 0 N–H and O–H groups in total. The Bertz CT molecular complexity index is 1230. The van der Waals surface area contributed by atoms with Crippen LogP contribution in [0.15, 0.2) is 60.7 Å². The maximum Gasteiger partial charge on any atom is 0.295 e. The lowest BCUT2D eigenvalue weighted by atomic mass is 9.84. The van der Waals surface area contributed by atoms with Gasteiger partial charge in [-0.1, -0.05) is 69.3 Å². The second-order valence-electron chi connectivity index (χ2n) is 8.41. The maximum absolute atomic E-state index is 2.54. The number of benzene rings is 3. The number of aryl methyl sites for hydroxylation is 2. The second-order valence-corrected chi connectivity index (χ2v) is 8.41. The van der Waals surface area contributed by atoms with E-state index < -0.39 is 0 Å². The molecule has 1 aliphatic heterocycles. The topological polar surface area (TPSA) is 8.81 Å². The monoisotopic (exact) mass is 367 g/mol. The Hall–Kier alpha value is -2.87. The van der Waals surface area contributed by atoms with Crippen molar-refractivity contribution in [2.45, 2.75) is 39.5 Å². The summed E-state index contributed by atoms with van der Waals surface area (Å²) in [6.07, 6.45) is 0. The van der Waals surface area contributed by atoms with Gasteiger partial charge in [-0.2, -0.15) is 4.57 Å². The number of para-hydroxylation sites is 2. The molecule has 140 valence electrons. The van der Waals surface area contributed by atoms with Crippen LogP contribution in [-0.4, -0.2) is 4.57 Å². The maximum atomic E-state index is 2.54. The molecular weight excluding hydrogens is 340 g/mol. The van der Waals surface area contributed by atoms with Gasteiger partial charge < -0.3 is 0 Å². The predicted molar refractivity (Wildman–Crippen MR) is 116 cm³/mol. The Morgan fingerprint density at radius 2 is 1.61 bits per heavy atom. The summed E-state index contributed by atoms with van der Waals surface area (Å²) in [5.41, 5.74) is 10.9. The first-order chi connectivity index (χ1) is 13.5. The number of rotatable bonds is 2. The van der Waals surface area contributed by atoms with E-state index in [1.54, 1.807) is 0 Å². The molecule has 1 aliphatic rings. The summed E-state index contributed by atoms with van der Waals surface area (Å²) in [7, 11) is 2.21. The van der Waals surface area contributed by atoms with Gasteiger partial charge >= 0.3 is 0 Å². The first kappa shape index (κ1) is 17.2. The lowest BCUT2D eigenvalue weighted by Crippen LogP contribution is -2.39. The van der Waals surface area contributed by atoms with Gasteiger partial charge in [0.25, 0.3) is 5.82 Å². The largest absolute Gasteiger partial charge is 0.295 e. The average Bonchev–Trinajstić information content (AvgIpc) is 2.99. The highest BCUT2D eigenvalue weighted by atomic mass is 15.2. The molecular formula is C26H27N2+. The summed E-state index contributed by atoms with van der Waals surface area (Å²) in [5, 5.41) is 0. The van der Waals surface area contributed by atoms with Gasteiger partial charge in [-0.15, -0.1) is 0 Å². The smallest absolute Gasteiger partial charge is 0.225 e. The Morgan fingerprint density at radius 1 is 0.893 bits per heavy atom. The first-order valence-electron chi connectivity index (χ1n) is 10.2. The van der Waals surface area contributed by atoms with Crippen LogP contribution in [-0.2, 0) is 7.05 Å². The standard InChI is InChI=1S/C26H27N2/c1-16(2)19-12-8-13-21-18(4)22-14-9-15-23-25(22)28(24(19)21)26(27(23)5)20-11-7-6-10-17(20)3/h6-16,18H,1-5H3/q+1. The molecule has 2 heteroatoms. The normalized spacial score (nSPS) is 15.3. The number of aromatic nitrogens is 2. The van der Waals surface area contributed by atoms with E-state index in [-0.39, 0.29) is 0 Å². The van der Waals surface area contributed by atoms with Gasteiger partial charge in [0.1, 0.15) is 5.69 Å². The third-order valence-electron chi connectivity index (χ3n) is 6.42. The molecule has 0 spiro atoms. The van der Waals surface area contributed by atoms with Crippen molar-refractivity contribution in [2.75, 3.05) is 0 Å². The van der Waals surface area contributed by atoms with Crippen molar-refractivity contribution in [1.29, 1.82) is 0 Å². The van der Waals surface area contributed by atoms with Gasteiger partial charge in [-0.05, 0) is 30.5 Å². The Kier molecular flexibility index (Phi) is 3.74.